The number of aliphatic hydroxyl groups is 1. The smallest absolute Gasteiger partial charge is 0.295 e. The minimum absolute atomic E-state index is 0.0482. The van der Waals surface area contributed by atoms with Crippen LogP contribution in [-0.4, -0.2) is 45.3 Å². The van der Waals surface area contributed by atoms with Crippen molar-refractivity contribution in [3.8, 4) is 5.75 Å². The molecule has 1 saturated heterocycles. The Hall–Kier alpha value is -4.92. The van der Waals surface area contributed by atoms with E-state index in [1.807, 2.05) is 48.7 Å². The average Bonchev–Trinajstić information content (AvgIpc) is 3.48. The zero-order valence-electron chi connectivity index (χ0n) is 23.3. The highest BCUT2D eigenvalue weighted by atomic mass is 16.6. The summed E-state index contributed by atoms with van der Waals surface area (Å²) in [5, 5.41) is 23.4. The van der Waals surface area contributed by atoms with Crippen molar-refractivity contribution in [3.63, 3.8) is 0 Å². The van der Waals surface area contributed by atoms with Crippen molar-refractivity contribution >= 4 is 34.0 Å². The lowest BCUT2D eigenvalue weighted by Crippen LogP contribution is -2.31. The molecule has 1 amide bonds. The van der Waals surface area contributed by atoms with Gasteiger partial charge in [-0.1, -0.05) is 45.0 Å². The average molecular weight is 554 g/mol. The highest BCUT2D eigenvalue weighted by Gasteiger charge is 2.46. The van der Waals surface area contributed by atoms with Gasteiger partial charge in [0, 0.05) is 41.3 Å². The number of aromatic amines is 1. The van der Waals surface area contributed by atoms with E-state index < -0.39 is 22.7 Å². The minimum Gasteiger partial charge on any atom is -0.507 e. The SMILES string of the molecule is COc1ccc2[nH]cc(CCN3C(=O)C(=O)/C(=C(\O)c4ccc([N+](=O)[O-])cc4)C3c3ccc(C(C)(C)C)cc3)c2c1. The van der Waals surface area contributed by atoms with Crippen molar-refractivity contribution in [3.05, 3.63) is 111 Å². The molecular weight excluding hydrogens is 522 g/mol. The lowest BCUT2D eigenvalue weighted by atomic mass is 9.85. The van der Waals surface area contributed by atoms with E-state index in [9.17, 15) is 24.8 Å². The number of carbonyl (C=O) groups excluding carboxylic acids is 2. The topological polar surface area (TPSA) is 126 Å². The molecule has 0 radical (unpaired) electrons. The van der Waals surface area contributed by atoms with Crippen LogP contribution in [-0.2, 0) is 21.4 Å². The molecule has 5 rings (SSSR count). The molecule has 1 atom stereocenters. The summed E-state index contributed by atoms with van der Waals surface area (Å²) in [4.78, 5) is 42.2. The first-order valence-corrected chi connectivity index (χ1v) is 13.3. The Morgan fingerprint density at radius 2 is 1.73 bits per heavy atom. The van der Waals surface area contributed by atoms with Crippen molar-refractivity contribution < 1.29 is 24.4 Å². The van der Waals surface area contributed by atoms with Crippen LogP contribution < -0.4 is 4.74 Å². The maximum atomic E-state index is 13.4. The first kappa shape index (κ1) is 27.6. The van der Waals surface area contributed by atoms with Gasteiger partial charge in [0.05, 0.1) is 23.6 Å². The number of likely N-dealkylation sites (tertiary alicyclic amines) is 1. The molecule has 41 heavy (non-hydrogen) atoms. The molecule has 210 valence electrons. The van der Waals surface area contributed by atoms with Crippen LogP contribution in [0.1, 0.15) is 49.1 Å². The Bertz CT molecular complexity index is 1680. The number of hydrogen-bond acceptors (Lipinski definition) is 6. The molecule has 1 aromatic heterocycles. The number of methoxy groups -OCH3 is 1. The summed E-state index contributed by atoms with van der Waals surface area (Å²) in [5.41, 5.74) is 3.57. The summed E-state index contributed by atoms with van der Waals surface area (Å²) in [5.74, 6) is -1.18. The van der Waals surface area contributed by atoms with Gasteiger partial charge in [0.15, 0.2) is 0 Å². The van der Waals surface area contributed by atoms with Gasteiger partial charge in [-0.25, -0.2) is 0 Å². The van der Waals surface area contributed by atoms with Gasteiger partial charge in [-0.2, -0.15) is 0 Å². The predicted molar refractivity (Wildman–Crippen MR) is 156 cm³/mol. The van der Waals surface area contributed by atoms with Crippen molar-refractivity contribution in [1.82, 2.24) is 9.88 Å². The number of hydrogen-bond donors (Lipinski definition) is 2. The number of carbonyl (C=O) groups is 2. The number of ether oxygens (including phenoxy) is 1. The van der Waals surface area contributed by atoms with Crippen LogP contribution in [0.25, 0.3) is 16.7 Å². The summed E-state index contributed by atoms with van der Waals surface area (Å²) in [7, 11) is 1.60. The third kappa shape index (κ3) is 5.18. The number of nitro benzene ring substituents is 1. The molecule has 0 saturated carbocycles. The molecule has 9 nitrogen and oxygen atoms in total. The Kier molecular flexibility index (Phi) is 7.13. The van der Waals surface area contributed by atoms with Crippen LogP contribution in [0.15, 0.2) is 78.5 Å². The molecule has 2 N–H and O–H groups in total. The third-order valence-electron chi connectivity index (χ3n) is 7.58. The molecule has 0 spiro atoms. The van der Waals surface area contributed by atoms with Crippen molar-refractivity contribution in [2.45, 2.75) is 38.6 Å². The monoisotopic (exact) mass is 553 g/mol. The van der Waals surface area contributed by atoms with Crippen molar-refractivity contribution in [1.29, 1.82) is 0 Å². The lowest BCUT2D eigenvalue weighted by molar-refractivity contribution is -0.384. The van der Waals surface area contributed by atoms with Gasteiger partial charge in [0.1, 0.15) is 11.5 Å². The lowest BCUT2D eigenvalue weighted by Gasteiger charge is -2.26. The number of non-ortho nitro benzene ring substituents is 1. The molecule has 1 aliphatic heterocycles. The molecule has 0 bridgehead atoms. The standard InChI is InChI=1S/C32H31N3O6/c1-32(2,3)22-9-5-19(6-10-22)28-27(29(36)20-7-11-23(12-8-20)35(39)40)30(37)31(38)34(28)16-15-21-18-33-26-14-13-24(41-4)17-25(21)26/h5-14,17-18,28,33,36H,15-16H2,1-4H3/b29-27-. The summed E-state index contributed by atoms with van der Waals surface area (Å²) >= 11 is 0. The predicted octanol–water partition coefficient (Wildman–Crippen LogP) is 6.05. The van der Waals surface area contributed by atoms with Crippen LogP contribution in [0, 0.1) is 10.1 Å². The second-order valence-corrected chi connectivity index (χ2v) is 11.1. The van der Waals surface area contributed by atoms with Crippen LogP contribution >= 0.6 is 0 Å². The summed E-state index contributed by atoms with van der Waals surface area (Å²) < 4.78 is 5.37. The zero-order chi connectivity index (χ0) is 29.5. The van der Waals surface area contributed by atoms with E-state index in [1.54, 1.807) is 7.11 Å². The minimum atomic E-state index is -0.834. The van der Waals surface area contributed by atoms with E-state index in [0.29, 0.717) is 17.7 Å². The first-order chi connectivity index (χ1) is 19.5. The second-order valence-electron chi connectivity index (χ2n) is 11.1. The van der Waals surface area contributed by atoms with Crippen molar-refractivity contribution in [2.24, 2.45) is 0 Å². The van der Waals surface area contributed by atoms with Crippen LogP contribution in [0.3, 0.4) is 0 Å². The molecule has 1 unspecified atom stereocenters. The number of ketones is 1. The number of aromatic nitrogens is 1. The Morgan fingerprint density at radius 1 is 1.05 bits per heavy atom. The molecule has 1 aliphatic rings. The van der Waals surface area contributed by atoms with Gasteiger partial charge in [-0.05, 0) is 58.9 Å². The first-order valence-electron chi connectivity index (χ1n) is 13.3. The number of rotatable bonds is 7. The van der Waals surface area contributed by atoms with Crippen LogP contribution in [0.2, 0.25) is 0 Å². The number of amides is 1. The molecule has 9 heteroatoms. The second kappa shape index (κ2) is 10.6. The van der Waals surface area contributed by atoms with E-state index in [1.165, 1.54) is 29.2 Å². The van der Waals surface area contributed by atoms with Gasteiger partial charge in [0.2, 0.25) is 0 Å². The fraction of sp³-hybridized carbons (Fsp3) is 0.250. The Morgan fingerprint density at radius 3 is 2.34 bits per heavy atom. The number of nitrogens with zero attached hydrogens (tertiary/aromatic N) is 2. The third-order valence-corrected chi connectivity index (χ3v) is 7.58. The maximum Gasteiger partial charge on any atom is 0.295 e. The highest BCUT2D eigenvalue weighted by molar-refractivity contribution is 6.46. The molecule has 2 heterocycles. The molecule has 1 fully saturated rings. The molecule has 4 aromatic rings. The normalized spacial score (nSPS) is 16.9. The molecular formula is C32H31N3O6. The van der Waals surface area contributed by atoms with Gasteiger partial charge >= 0.3 is 0 Å². The number of benzene rings is 3. The number of nitro groups is 1. The molecule has 3 aromatic carbocycles. The van der Waals surface area contributed by atoms with Crippen LogP contribution in [0.5, 0.6) is 5.75 Å². The van der Waals surface area contributed by atoms with Gasteiger partial charge in [-0.3, -0.25) is 19.7 Å². The van der Waals surface area contributed by atoms with E-state index in [4.69, 9.17) is 4.74 Å². The quantitative estimate of drug-likeness (QED) is 0.0944. The van der Waals surface area contributed by atoms with E-state index in [2.05, 4.69) is 25.8 Å². The number of aliphatic hydroxyl groups excluding tert-OH is 1. The number of Topliss-reactive ketones (excluding diaryl/α,β-unsaturated/α-hetero) is 1. The number of fused-ring (bicyclic) bond motifs is 1. The van der Waals surface area contributed by atoms with Crippen molar-refractivity contribution in [2.75, 3.05) is 13.7 Å². The maximum absolute atomic E-state index is 13.4. The zero-order valence-corrected chi connectivity index (χ0v) is 23.3. The number of nitrogens with one attached hydrogen (secondary N) is 1. The highest BCUT2D eigenvalue weighted by Crippen LogP contribution is 2.40. The van der Waals surface area contributed by atoms with Crippen LogP contribution in [0.4, 0.5) is 5.69 Å². The summed E-state index contributed by atoms with van der Waals surface area (Å²) in [6.07, 6.45) is 2.33. The fourth-order valence-corrected chi connectivity index (χ4v) is 5.25. The summed E-state index contributed by atoms with van der Waals surface area (Å²) in [6, 6.07) is 17.8. The largest absolute Gasteiger partial charge is 0.507 e. The Labute approximate surface area is 237 Å². The fourth-order valence-electron chi connectivity index (χ4n) is 5.25. The summed E-state index contributed by atoms with van der Waals surface area (Å²) in [6.45, 7) is 6.51. The van der Waals surface area contributed by atoms with Gasteiger partial charge in [0.25, 0.3) is 17.4 Å². The van der Waals surface area contributed by atoms with E-state index in [-0.39, 0.29) is 34.5 Å². The van der Waals surface area contributed by atoms with E-state index in [0.717, 1.165) is 22.0 Å². The van der Waals surface area contributed by atoms with Gasteiger partial charge in [-0.15, -0.1) is 0 Å². The molecule has 0 aliphatic carbocycles. The van der Waals surface area contributed by atoms with Gasteiger partial charge < -0.3 is 19.7 Å². The number of H-pyrrole nitrogens is 1. The van der Waals surface area contributed by atoms with E-state index >= 15 is 0 Å². The Balaban J connectivity index is 1.56.